The molecule has 2 aromatic carbocycles. The molecule has 5 heterocycles. The third kappa shape index (κ3) is 8.21. The summed E-state index contributed by atoms with van der Waals surface area (Å²) in [4.78, 5) is 0. The fraction of sp³-hybridized carbons (Fsp3) is 0.632. The average Bonchev–Trinajstić information content (AvgIpc) is 3.20. The van der Waals surface area contributed by atoms with Gasteiger partial charge in [0.25, 0.3) is 0 Å². The second kappa shape index (κ2) is 16.8. The fourth-order valence-corrected chi connectivity index (χ4v) is 7.62. The summed E-state index contributed by atoms with van der Waals surface area (Å²) in [5.41, 5.74) is 1.74. The van der Waals surface area contributed by atoms with Gasteiger partial charge in [0.2, 0.25) is 12.6 Å². The van der Waals surface area contributed by atoms with Crippen LogP contribution in [0.2, 0.25) is 0 Å². The van der Waals surface area contributed by atoms with Crippen LogP contribution in [0, 0.1) is 0 Å². The topological polar surface area (TPSA) is 296 Å². The van der Waals surface area contributed by atoms with E-state index in [-0.39, 0.29) is 24.0 Å². The summed E-state index contributed by atoms with van der Waals surface area (Å²) in [6.45, 7) is 1.84. The molecule has 316 valence electrons. The molecule has 19 nitrogen and oxygen atoms in total. The van der Waals surface area contributed by atoms with Crippen LogP contribution in [-0.2, 0) is 25.4 Å². The zero-order valence-corrected chi connectivity index (χ0v) is 31.0. The quantitative estimate of drug-likeness (QED) is 0.112. The Hall–Kier alpha value is -3.22. The van der Waals surface area contributed by atoms with Gasteiger partial charge in [-0.3, -0.25) is 0 Å². The maximum absolute atomic E-state index is 11.1. The molecule has 0 radical (unpaired) electrons. The number of fused-ring (bicyclic) bond motifs is 3. The van der Waals surface area contributed by atoms with E-state index in [2.05, 4.69) is 0 Å². The maximum atomic E-state index is 11.1. The third-order valence-electron chi connectivity index (χ3n) is 10.9. The summed E-state index contributed by atoms with van der Waals surface area (Å²) in [7, 11) is 0. The second-order valence-corrected chi connectivity index (χ2v) is 15.4. The Morgan fingerprint density at radius 3 is 1.93 bits per heavy atom. The van der Waals surface area contributed by atoms with E-state index in [1.807, 2.05) is 38.1 Å². The van der Waals surface area contributed by atoms with Crippen molar-refractivity contribution < 1.29 is 94.1 Å². The molecule has 0 aliphatic carbocycles. The van der Waals surface area contributed by atoms with Gasteiger partial charge in [0, 0.05) is 17.5 Å². The molecule has 3 saturated heterocycles. The van der Waals surface area contributed by atoms with Crippen molar-refractivity contribution in [1.82, 2.24) is 0 Å². The Kier molecular flexibility index (Phi) is 12.4. The molecular weight excluding hydrogens is 760 g/mol. The molecular formula is C38H50O19. The molecule has 5 aliphatic rings. The van der Waals surface area contributed by atoms with Gasteiger partial charge in [-0.25, -0.2) is 0 Å². The van der Waals surface area contributed by atoms with Gasteiger partial charge >= 0.3 is 0 Å². The number of rotatable bonds is 10. The zero-order valence-electron chi connectivity index (χ0n) is 31.0. The molecule has 3 fully saturated rings. The predicted octanol–water partition coefficient (Wildman–Crippen LogP) is -3.23. The molecule has 0 unspecified atom stereocenters. The minimum atomic E-state index is -1.85. The standard InChI is InChI=1S/C38H50O19/c1-38(2)8-7-19-20(57-38)6-3-15-9-16(14-50-33(15)19)18-5-4-17(10-21(18)52-36-30(47)27(44)25(42)22(11-39)53-36)51-35-32(49)29(46)34(24(13-41)55-35)56-37-31(48)28(45)26(43)23(12-40)54-37/h3-8,10,16,22-32,34-37,39-49H,9,11-14H2,1-2H3/t16-,22+,23+,24+,25+,26+,27-,28-,29+,30+,31+,32+,34+,35-,36-,37+/m0/s1. The Balaban J connectivity index is 1.13. The second-order valence-electron chi connectivity index (χ2n) is 15.4. The molecule has 0 bridgehead atoms. The third-order valence-corrected chi connectivity index (χ3v) is 10.9. The largest absolute Gasteiger partial charge is 0.492 e. The van der Waals surface area contributed by atoms with Crippen molar-refractivity contribution in [2.24, 2.45) is 0 Å². The van der Waals surface area contributed by atoms with Crippen LogP contribution in [0.1, 0.15) is 36.5 Å². The average molecular weight is 811 g/mol. The highest BCUT2D eigenvalue weighted by Crippen LogP contribution is 2.45. The highest BCUT2D eigenvalue weighted by Gasteiger charge is 2.51. The molecule has 19 heteroatoms. The van der Waals surface area contributed by atoms with E-state index < -0.39 is 118 Å². The van der Waals surface area contributed by atoms with Crippen molar-refractivity contribution in [1.29, 1.82) is 0 Å². The van der Waals surface area contributed by atoms with E-state index in [4.69, 9.17) is 37.9 Å². The Bertz CT molecular complexity index is 1730. The Morgan fingerprint density at radius 2 is 1.26 bits per heavy atom. The predicted molar refractivity (Wildman–Crippen MR) is 190 cm³/mol. The van der Waals surface area contributed by atoms with Crippen molar-refractivity contribution in [2.75, 3.05) is 26.4 Å². The van der Waals surface area contributed by atoms with Gasteiger partial charge < -0.3 is 94.1 Å². The molecule has 0 spiro atoms. The first-order valence-corrected chi connectivity index (χ1v) is 18.7. The molecule has 57 heavy (non-hydrogen) atoms. The van der Waals surface area contributed by atoms with Crippen molar-refractivity contribution in [3.05, 3.63) is 53.1 Å². The van der Waals surface area contributed by atoms with Crippen molar-refractivity contribution in [3.63, 3.8) is 0 Å². The molecule has 7 rings (SSSR count). The summed E-state index contributed by atoms with van der Waals surface area (Å²) in [6, 6.07) is 8.31. The number of aliphatic hydroxyl groups is 11. The van der Waals surface area contributed by atoms with Gasteiger partial charge in [-0.2, -0.15) is 0 Å². The summed E-state index contributed by atoms with van der Waals surface area (Å²) >= 11 is 0. The number of aliphatic hydroxyl groups excluding tert-OH is 11. The molecule has 0 saturated carbocycles. The first-order chi connectivity index (χ1) is 27.1. The van der Waals surface area contributed by atoms with E-state index in [1.165, 1.54) is 12.1 Å². The fourth-order valence-electron chi connectivity index (χ4n) is 7.62. The van der Waals surface area contributed by atoms with Crippen LogP contribution < -0.4 is 18.9 Å². The van der Waals surface area contributed by atoms with Crippen LogP contribution >= 0.6 is 0 Å². The summed E-state index contributed by atoms with van der Waals surface area (Å²) in [5, 5.41) is 114. The van der Waals surface area contributed by atoms with E-state index in [9.17, 15) is 56.2 Å². The molecule has 16 atom stereocenters. The van der Waals surface area contributed by atoms with Crippen LogP contribution in [0.3, 0.4) is 0 Å². The Labute approximate surface area is 326 Å². The highest BCUT2D eigenvalue weighted by atomic mass is 16.7. The molecule has 2 aromatic rings. The number of benzene rings is 2. The molecule has 11 N–H and O–H groups in total. The van der Waals surface area contributed by atoms with E-state index in [0.717, 1.165) is 11.1 Å². The van der Waals surface area contributed by atoms with E-state index in [1.54, 1.807) is 6.07 Å². The van der Waals surface area contributed by atoms with Crippen LogP contribution in [-0.4, -0.2) is 180 Å². The van der Waals surface area contributed by atoms with Crippen LogP contribution in [0.25, 0.3) is 6.08 Å². The number of ether oxygens (including phenoxy) is 8. The summed E-state index contributed by atoms with van der Waals surface area (Å²) < 4.78 is 46.9. The van der Waals surface area contributed by atoms with Gasteiger partial charge in [0.05, 0.1) is 32.0 Å². The van der Waals surface area contributed by atoms with Crippen molar-refractivity contribution in [3.8, 4) is 23.0 Å². The van der Waals surface area contributed by atoms with Crippen molar-refractivity contribution in [2.45, 2.75) is 124 Å². The number of hydrogen-bond donors (Lipinski definition) is 11. The van der Waals surface area contributed by atoms with Gasteiger partial charge in [-0.1, -0.05) is 12.1 Å². The summed E-state index contributed by atoms with van der Waals surface area (Å²) in [6.07, 6.45) is -20.3. The van der Waals surface area contributed by atoms with Gasteiger partial charge in [-0.15, -0.1) is 0 Å². The summed E-state index contributed by atoms with van der Waals surface area (Å²) in [5.74, 6) is 1.05. The highest BCUT2D eigenvalue weighted by molar-refractivity contribution is 5.69. The van der Waals surface area contributed by atoms with Gasteiger partial charge in [-0.05, 0) is 50.1 Å². The minimum Gasteiger partial charge on any atom is -0.492 e. The monoisotopic (exact) mass is 810 g/mol. The lowest BCUT2D eigenvalue weighted by atomic mass is 9.87. The normalized spacial score (nSPS) is 39.9. The molecule has 0 aromatic heterocycles. The lowest BCUT2D eigenvalue weighted by molar-refractivity contribution is -0.352. The Morgan fingerprint density at radius 1 is 0.667 bits per heavy atom. The van der Waals surface area contributed by atoms with Crippen LogP contribution in [0.5, 0.6) is 23.0 Å². The lowest BCUT2D eigenvalue weighted by Gasteiger charge is -2.45. The first kappa shape index (κ1) is 41.9. The maximum Gasteiger partial charge on any atom is 0.229 e. The zero-order chi connectivity index (χ0) is 40.9. The van der Waals surface area contributed by atoms with Crippen LogP contribution in [0.15, 0.2) is 36.4 Å². The molecule has 0 amide bonds. The minimum absolute atomic E-state index is 0.00400. The lowest BCUT2D eigenvalue weighted by Crippen LogP contribution is -2.65. The van der Waals surface area contributed by atoms with E-state index in [0.29, 0.717) is 23.5 Å². The van der Waals surface area contributed by atoms with Gasteiger partial charge in [0.15, 0.2) is 6.29 Å². The van der Waals surface area contributed by atoms with Crippen LogP contribution in [0.4, 0.5) is 0 Å². The number of hydrogen-bond acceptors (Lipinski definition) is 19. The smallest absolute Gasteiger partial charge is 0.229 e. The SMILES string of the molecule is CC1(C)C=Cc2c(ccc3c2OC[C@@H](c2ccc(O[C@H]4O[C@H](CO)[C@@H](O[C@H]5O[C@H](CO)[C@@H](O)[C@H](O)[C@H]5O)[C@H](O)[C@H]4O)cc2O[C@H]2O[C@H](CO)[C@@H](O)[C@H](O)[C@H]2O)C3)O1. The molecule has 5 aliphatic heterocycles. The first-order valence-electron chi connectivity index (χ1n) is 18.7. The van der Waals surface area contributed by atoms with Crippen molar-refractivity contribution >= 4 is 6.08 Å². The van der Waals surface area contributed by atoms with Gasteiger partial charge in [0.1, 0.15) is 102 Å². The van der Waals surface area contributed by atoms with E-state index >= 15 is 0 Å².